The number of carbonyl (C=O) groups excluding carboxylic acids is 2. The molecule has 4 rings (SSSR count). The molecule has 0 aliphatic heterocycles. The highest BCUT2D eigenvalue weighted by molar-refractivity contribution is 6.02. The molecule has 1 N–H and O–H groups in total. The minimum atomic E-state index is -0.839. The molecule has 0 saturated carbocycles. The summed E-state index contributed by atoms with van der Waals surface area (Å²) in [5, 5.41) is 2.54. The van der Waals surface area contributed by atoms with Crippen molar-refractivity contribution >= 4 is 28.6 Å². The van der Waals surface area contributed by atoms with Gasteiger partial charge in [-0.1, -0.05) is 24.3 Å². The molecule has 2 heterocycles. The summed E-state index contributed by atoms with van der Waals surface area (Å²) in [6.07, 6.45) is 0. The van der Waals surface area contributed by atoms with Gasteiger partial charge in [-0.3, -0.25) is 9.59 Å². The average molecular weight is 489 g/mol. The van der Waals surface area contributed by atoms with Crippen molar-refractivity contribution in [2.24, 2.45) is 0 Å². The first-order chi connectivity index (χ1) is 17.2. The molecular weight excluding hydrogens is 464 g/mol. The van der Waals surface area contributed by atoms with E-state index in [9.17, 15) is 19.2 Å². The molecule has 0 aliphatic rings. The number of fused-ring (bicyclic) bond motifs is 1. The van der Waals surface area contributed by atoms with Crippen LogP contribution in [0.1, 0.15) is 21.6 Å². The molecule has 0 aliphatic carbocycles. The summed E-state index contributed by atoms with van der Waals surface area (Å²) in [6.45, 7) is 2.91. The predicted molar refractivity (Wildman–Crippen MR) is 134 cm³/mol. The van der Waals surface area contributed by atoms with Crippen molar-refractivity contribution < 1.29 is 19.1 Å². The van der Waals surface area contributed by atoms with Crippen LogP contribution >= 0.6 is 0 Å². The van der Waals surface area contributed by atoms with Gasteiger partial charge >= 0.3 is 11.7 Å². The van der Waals surface area contributed by atoms with Crippen molar-refractivity contribution in [2.45, 2.75) is 20.4 Å². The second-order valence-electron chi connectivity index (χ2n) is 8.10. The maximum absolute atomic E-state index is 13.7. The lowest BCUT2D eigenvalue weighted by atomic mass is 10.1. The Bertz CT molecular complexity index is 1620. The van der Waals surface area contributed by atoms with Crippen LogP contribution in [-0.2, 0) is 16.1 Å². The van der Waals surface area contributed by atoms with E-state index in [0.717, 1.165) is 14.7 Å². The minimum absolute atomic E-state index is 0.0507. The normalized spacial score (nSPS) is 10.8. The van der Waals surface area contributed by atoms with Crippen molar-refractivity contribution in [3.05, 3.63) is 92.3 Å². The van der Waals surface area contributed by atoms with Crippen molar-refractivity contribution in [1.29, 1.82) is 0 Å². The summed E-state index contributed by atoms with van der Waals surface area (Å²) >= 11 is 0. The third kappa shape index (κ3) is 4.48. The van der Waals surface area contributed by atoms with Crippen molar-refractivity contribution in [1.82, 2.24) is 14.1 Å². The smallest absolute Gasteiger partial charge is 0.338 e. The van der Waals surface area contributed by atoms with Gasteiger partial charge in [0.2, 0.25) is 5.91 Å². The van der Waals surface area contributed by atoms with Crippen LogP contribution < -0.4 is 21.3 Å². The van der Waals surface area contributed by atoms with Crippen molar-refractivity contribution in [3.8, 4) is 11.4 Å². The van der Waals surface area contributed by atoms with E-state index in [-0.39, 0.29) is 22.3 Å². The maximum Gasteiger partial charge on any atom is 0.338 e. The Labute approximate surface area is 205 Å². The van der Waals surface area contributed by atoms with Gasteiger partial charge in [0, 0.05) is 11.4 Å². The summed E-state index contributed by atoms with van der Waals surface area (Å²) in [6, 6.07) is 15.2. The van der Waals surface area contributed by atoms with Gasteiger partial charge in [-0.05, 0) is 49.7 Å². The molecular formula is C26H24N4O6. The van der Waals surface area contributed by atoms with E-state index in [4.69, 9.17) is 9.47 Å². The third-order valence-electron chi connectivity index (χ3n) is 5.56. The molecule has 10 heteroatoms. The number of ether oxygens (including phenoxy) is 2. The lowest BCUT2D eigenvalue weighted by Gasteiger charge is -2.17. The second-order valence-corrected chi connectivity index (χ2v) is 8.10. The van der Waals surface area contributed by atoms with Crippen LogP contribution in [0.4, 0.5) is 5.69 Å². The summed E-state index contributed by atoms with van der Waals surface area (Å²) < 4.78 is 12.2. The predicted octanol–water partition coefficient (Wildman–Crippen LogP) is 2.60. The molecule has 0 spiro atoms. The number of hydrogen-bond donors (Lipinski definition) is 1. The zero-order valence-electron chi connectivity index (χ0n) is 20.2. The molecule has 0 unspecified atom stereocenters. The van der Waals surface area contributed by atoms with Gasteiger partial charge in [-0.25, -0.2) is 23.7 Å². The Balaban J connectivity index is 2.00. The van der Waals surface area contributed by atoms with Gasteiger partial charge < -0.3 is 14.8 Å². The van der Waals surface area contributed by atoms with E-state index in [1.54, 1.807) is 49.4 Å². The van der Waals surface area contributed by atoms with Crippen molar-refractivity contribution in [2.75, 3.05) is 19.5 Å². The number of esters is 1. The lowest BCUT2D eigenvalue weighted by Crippen LogP contribution is -2.43. The van der Waals surface area contributed by atoms with E-state index in [0.29, 0.717) is 17.1 Å². The van der Waals surface area contributed by atoms with Gasteiger partial charge in [0.05, 0.1) is 30.9 Å². The summed E-state index contributed by atoms with van der Waals surface area (Å²) in [7, 11) is 2.63. The fraction of sp³-hybridized carbons (Fsp3) is 0.192. The Morgan fingerprint density at radius 2 is 1.75 bits per heavy atom. The van der Waals surface area contributed by atoms with Crippen LogP contribution in [0.2, 0.25) is 0 Å². The quantitative estimate of drug-likeness (QED) is 0.414. The van der Waals surface area contributed by atoms with Crippen LogP contribution in [0.5, 0.6) is 5.75 Å². The number of carbonyl (C=O) groups is 2. The van der Waals surface area contributed by atoms with E-state index in [1.807, 2.05) is 13.0 Å². The lowest BCUT2D eigenvalue weighted by molar-refractivity contribution is -0.116. The van der Waals surface area contributed by atoms with Gasteiger partial charge in [-0.2, -0.15) is 0 Å². The molecule has 10 nitrogen and oxygen atoms in total. The zero-order chi connectivity index (χ0) is 26.0. The number of aryl methyl sites for hydroxylation is 2. The highest BCUT2D eigenvalue weighted by atomic mass is 16.5. The molecule has 0 atom stereocenters. The number of methoxy groups -OCH3 is 2. The fourth-order valence-corrected chi connectivity index (χ4v) is 3.97. The zero-order valence-corrected chi connectivity index (χ0v) is 20.2. The summed E-state index contributed by atoms with van der Waals surface area (Å²) in [4.78, 5) is 57.2. The molecule has 0 radical (unpaired) electrons. The second kappa shape index (κ2) is 9.87. The summed E-state index contributed by atoms with van der Waals surface area (Å²) in [5.74, 6) is -1.03. The van der Waals surface area contributed by atoms with Crippen LogP contribution in [-0.4, -0.2) is 40.2 Å². The number of anilines is 1. The molecule has 0 fully saturated rings. The Hall–Kier alpha value is -4.73. The number of nitrogens with zero attached hydrogens (tertiary/aromatic N) is 3. The van der Waals surface area contributed by atoms with Crippen molar-refractivity contribution in [3.63, 3.8) is 0 Å². The Kier molecular flexibility index (Phi) is 6.69. The van der Waals surface area contributed by atoms with Crippen LogP contribution in [0.25, 0.3) is 16.7 Å². The van der Waals surface area contributed by atoms with Gasteiger partial charge in [0.1, 0.15) is 12.3 Å². The minimum Gasteiger partial charge on any atom is -0.495 e. The third-order valence-corrected chi connectivity index (χ3v) is 5.56. The Morgan fingerprint density at radius 3 is 2.44 bits per heavy atom. The highest BCUT2D eigenvalue weighted by Crippen LogP contribution is 2.24. The Morgan fingerprint density at radius 1 is 1.00 bits per heavy atom. The number of rotatable bonds is 6. The van der Waals surface area contributed by atoms with E-state index in [2.05, 4.69) is 10.3 Å². The molecule has 2 aromatic carbocycles. The number of hydrogen-bond acceptors (Lipinski definition) is 7. The maximum atomic E-state index is 13.7. The van der Waals surface area contributed by atoms with Crippen LogP contribution in [0.15, 0.2) is 64.2 Å². The van der Waals surface area contributed by atoms with E-state index < -0.39 is 29.7 Å². The van der Waals surface area contributed by atoms with Gasteiger partial charge in [0.25, 0.3) is 5.56 Å². The monoisotopic (exact) mass is 488 g/mol. The number of benzene rings is 2. The topological polar surface area (TPSA) is 122 Å². The molecule has 0 bridgehead atoms. The number of aromatic nitrogens is 3. The number of pyridine rings is 1. The number of nitrogens with one attached hydrogen (secondary N) is 1. The van der Waals surface area contributed by atoms with Crippen LogP contribution in [0, 0.1) is 13.8 Å². The number of para-hydroxylation sites is 2. The first kappa shape index (κ1) is 24.4. The summed E-state index contributed by atoms with van der Waals surface area (Å²) in [5.41, 5.74) is 0.354. The fourth-order valence-electron chi connectivity index (χ4n) is 3.97. The molecule has 0 saturated heterocycles. The van der Waals surface area contributed by atoms with Gasteiger partial charge in [0.15, 0.2) is 5.65 Å². The average Bonchev–Trinajstić information content (AvgIpc) is 2.85. The first-order valence-corrected chi connectivity index (χ1v) is 11.0. The van der Waals surface area contributed by atoms with Gasteiger partial charge in [-0.15, -0.1) is 0 Å². The molecule has 2 aromatic heterocycles. The standard InChI is InChI=1S/C26H24N4O6/c1-15-8-7-9-17(12-15)28-21(31)14-29-24(32)22-18(25(33)36-4)13-16(2)27-23(22)30(26(29)34)19-10-5-6-11-20(19)35-3/h5-13H,14H2,1-4H3,(H,28,31). The van der Waals surface area contributed by atoms with Crippen LogP contribution in [0.3, 0.4) is 0 Å². The van der Waals surface area contributed by atoms with E-state index >= 15 is 0 Å². The molecule has 4 aromatic rings. The highest BCUT2D eigenvalue weighted by Gasteiger charge is 2.24. The van der Waals surface area contributed by atoms with E-state index in [1.165, 1.54) is 20.3 Å². The number of amides is 1. The largest absolute Gasteiger partial charge is 0.495 e. The molecule has 36 heavy (non-hydrogen) atoms. The molecule has 184 valence electrons. The first-order valence-electron chi connectivity index (χ1n) is 11.0. The molecule has 1 amide bonds. The SMILES string of the molecule is COC(=O)c1cc(C)nc2c1c(=O)n(CC(=O)Nc1cccc(C)c1)c(=O)n2-c1ccccc1OC.